The molecule has 0 aromatic heterocycles. The predicted molar refractivity (Wildman–Crippen MR) is 66.8 cm³/mol. The van der Waals surface area contributed by atoms with Crippen molar-refractivity contribution in [3.05, 3.63) is 18.2 Å². The average Bonchev–Trinajstić information content (AvgIpc) is 2.96. The maximum atomic E-state index is 12.1. The third-order valence-corrected chi connectivity index (χ3v) is 3.40. The topological polar surface area (TPSA) is 50.8 Å². The minimum atomic E-state index is 0.0817. The highest BCUT2D eigenvalue weighted by atomic mass is 16.7. The van der Waals surface area contributed by atoms with E-state index in [1.54, 1.807) is 6.07 Å². The van der Waals surface area contributed by atoms with E-state index in [1.807, 2.05) is 19.2 Å². The Morgan fingerprint density at radius 1 is 1.39 bits per heavy atom. The normalized spacial score (nSPS) is 22.2. The van der Waals surface area contributed by atoms with E-state index in [-0.39, 0.29) is 18.6 Å². The van der Waals surface area contributed by atoms with Crippen LogP contribution >= 0.6 is 0 Å². The van der Waals surface area contributed by atoms with Gasteiger partial charge in [-0.05, 0) is 32.1 Å². The number of benzene rings is 1. The molecular formula is C13H16N2O3. The van der Waals surface area contributed by atoms with Crippen LogP contribution in [-0.4, -0.2) is 37.7 Å². The second-order valence-corrected chi connectivity index (χ2v) is 4.81. The summed E-state index contributed by atoms with van der Waals surface area (Å²) in [6.45, 7) is 2.07. The number of hydrogen-bond donors (Lipinski definition) is 1. The zero-order valence-corrected chi connectivity index (χ0v) is 10.3. The van der Waals surface area contributed by atoms with Gasteiger partial charge in [0, 0.05) is 18.3 Å². The lowest BCUT2D eigenvalue weighted by molar-refractivity contribution is -0.119. The Hall–Kier alpha value is -1.75. The van der Waals surface area contributed by atoms with Crippen LogP contribution in [0.5, 0.6) is 11.5 Å². The van der Waals surface area contributed by atoms with Gasteiger partial charge in [-0.2, -0.15) is 0 Å². The SMILES string of the molecule is CN1CCC(C(=O)Nc2ccc3c(c2)OCO3)C1. The van der Waals surface area contributed by atoms with Crippen LogP contribution in [-0.2, 0) is 4.79 Å². The third-order valence-electron chi connectivity index (χ3n) is 3.40. The van der Waals surface area contributed by atoms with Gasteiger partial charge < -0.3 is 19.7 Å². The van der Waals surface area contributed by atoms with Gasteiger partial charge >= 0.3 is 0 Å². The maximum Gasteiger partial charge on any atom is 0.231 e. The molecule has 0 spiro atoms. The molecule has 1 aromatic rings. The van der Waals surface area contributed by atoms with E-state index in [0.717, 1.165) is 30.9 Å². The minimum absolute atomic E-state index is 0.0817. The number of likely N-dealkylation sites (tertiary alicyclic amines) is 1. The second-order valence-electron chi connectivity index (χ2n) is 4.81. The molecule has 96 valence electrons. The van der Waals surface area contributed by atoms with E-state index in [0.29, 0.717) is 5.75 Å². The second kappa shape index (κ2) is 4.49. The van der Waals surface area contributed by atoms with Crippen molar-refractivity contribution in [2.45, 2.75) is 6.42 Å². The molecule has 18 heavy (non-hydrogen) atoms. The Morgan fingerprint density at radius 3 is 3.00 bits per heavy atom. The fourth-order valence-electron chi connectivity index (χ4n) is 2.37. The van der Waals surface area contributed by atoms with Gasteiger partial charge in [-0.15, -0.1) is 0 Å². The van der Waals surface area contributed by atoms with Crippen LogP contribution in [0, 0.1) is 5.92 Å². The Bertz CT molecular complexity index is 475. The van der Waals surface area contributed by atoms with E-state index in [4.69, 9.17) is 9.47 Å². The predicted octanol–water partition coefficient (Wildman–Crippen LogP) is 1.31. The van der Waals surface area contributed by atoms with Gasteiger partial charge in [-0.3, -0.25) is 4.79 Å². The summed E-state index contributed by atoms with van der Waals surface area (Å²) >= 11 is 0. The Labute approximate surface area is 106 Å². The van der Waals surface area contributed by atoms with Gasteiger partial charge in [0.15, 0.2) is 11.5 Å². The molecule has 1 N–H and O–H groups in total. The van der Waals surface area contributed by atoms with Crippen LogP contribution in [0.15, 0.2) is 18.2 Å². The lowest BCUT2D eigenvalue weighted by Gasteiger charge is -2.11. The summed E-state index contributed by atoms with van der Waals surface area (Å²) in [5, 5.41) is 2.93. The fraction of sp³-hybridized carbons (Fsp3) is 0.462. The molecule has 3 rings (SSSR count). The lowest BCUT2D eigenvalue weighted by atomic mass is 10.1. The molecule has 1 saturated heterocycles. The molecule has 2 aliphatic rings. The highest BCUT2D eigenvalue weighted by molar-refractivity contribution is 5.93. The molecule has 1 unspecified atom stereocenters. The van der Waals surface area contributed by atoms with Crippen molar-refractivity contribution in [1.29, 1.82) is 0 Å². The van der Waals surface area contributed by atoms with Gasteiger partial charge in [-0.25, -0.2) is 0 Å². The van der Waals surface area contributed by atoms with E-state index in [1.165, 1.54) is 0 Å². The summed E-state index contributed by atoms with van der Waals surface area (Å²) in [5.41, 5.74) is 0.763. The quantitative estimate of drug-likeness (QED) is 0.857. The third kappa shape index (κ3) is 2.13. The molecular weight excluding hydrogens is 232 g/mol. The molecule has 0 saturated carbocycles. The molecule has 0 radical (unpaired) electrons. The molecule has 0 bridgehead atoms. The first-order valence-electron chi connectivity index (χ1n) is 6.11. The largest absolute Gasteiger partial charge is 0.454 e. The molecule has 5 heteroatoms. The average molecular weight is 248 g/mol. The highest BCUT2D eigenvalue weighted by Gasteiger charge is 2.26. The van der Waals surface area contributed by atoms with Crippen molar-refractivity contribution in [3.8, 4) is 11.5 Å². The van der Waals surface area contributed by atoms with Crippen LogP contribution in [0.3, 0.4) is 0 Å². The first-order chi connectivity index (χ1) is 8.72. The smallest absolute Gasteiger partial charge is 0.231 e. The molecule has 2 heterocycles. The number of rotatable bonds is 2. The minimum Gasteiger partial charge on any atom is -0.454 e. The van der Waals surface area contributed by atoms with E-state index < -0.39 is 0 Å². The van der Waals surface area contributed by atoms with E-state index in [2.05, 4.69) is 10.2 Å². The number of amides is 1. The molecule has 1 atom stereocenters. The fourth-order valence-corrected chi connectivity index (χ4v) is 2.37. The number of fused-ring (bicyclic) bond motifs is 1. The van der Waals surface area contributed by atoms with Crippen molar-refractivity contribution < 1.29 is 14.3 Å². The van der Waals surface area contributed by atoms with Crippen molar-refractivity contribution in [3.63, 3.8) is 0 Å². The Morgan fingerprint density at radius 2 is 2.22 bits per heavy atom. The van der Waals surface area contributed by atoms with Crippen LogP contribution in [0.2, 0.25) is 0 Å². The zero-order chi connectivity index (χ0) is 12.5. The van der Waals surface area contributed by atoms with Crippen LogP contribution in [0.1, 0.15) is 6.42 Å². The highest BCUT2D eigenvalue weighted by Crippen LogP contribution is 2.34. The van der Waals surface area contributed by atoms with Crippen LogP contribution < -0.4 is 14.8 Å². The summed E-state index contributed by atoms with van der Waals surface area (Å²) in [4.78, 5) is 14.2. The molecule has 1 aromatic carbocycles. The maximum absolute atomic E-state index is 12.1. The number of carbonyl (C=O) groups is 1. The van der Waals surface area contributed by atoms with Gasteiger partial charge in [-0.1, -0.05) is 0 Å². The van der Waals surface area contributed by atoms with E-state index >= 15 is 0 Å². The number of carbonyl (C=O) groups excluding carboxylic acids is 1. The standard InChI is InChI=1S/C13H16N2O3/c1-15-5-4-9(7-15)13(16)14-10-2-3-11-12(6-10)18-8-17-11/h2-3,6,9H,4-5,7-8H2,1H3,(H,14,16). The lowest BCUT2D eigenvalue weighted by Crippen LogP contribution is -2.25. The molecule has 1 amide bonds. The first-order valence-corrected chi connectivity index (χ1v) is 6.11. The molecule has 5 nitrogen and oxygen atoms in total. The zero-order valence-electron chi connectivity index (χ0n) is 10.3. The van der Waals surface area contributed by atoms with Gasteiger partial charge in [0.05, 0.1) is 5.92 Å². The summed E-state index contributed by atoms with van der Waals surface area (Å²) in [7, 11) is 2.04. The van der Waals surface area contributed by atoms with Gasteiger partial charge in [0.25, 0.3) is 0 Å². The van der Waals surface area contributed by atoms with Gasteiger partial charge in [0.2, 0.25) is 12.7 Å². The van der Waals surface area contributed by atoms with Gasteiger partial charge in [0.1, 0.15) is 0 Å². The number of nitrogens with one attached hydrogen (secondary N) is 1. The number of anilines is 1. The van der Waals surface area contributed by atoms with E-state index in [9.17, 15) is 4.79 Å². The first kappa shape index (κ1) is 11.3. The number of ether oxygens (including phenoxy) is 2. The Balaban J connectivity index is 1.67. The summed E-state index contributed by atoms with van der Waals surface area (Å²) < 4.78 is 10.5. The summed E-state index contributed by atoms with van der Waals surface area (Å²) in [6, 6.07) is 5.46. The monoisotopic (exact) mass is 248 g/mol. The van der Waals surface area contributed by atoms with Crippen molar-refractivity contribution in [1.82, 2.24) is 4.90 Å². The Kier molecular flexibility index (Phi) is 2.83. The van der Waals surface area contributed by atoms with Crippen molar-refractivity contribution >= 4 is 11.6 Å². The number of nitrogens with zero attached hydrogens (tertiary/aromatic N) is 1. The summed E-state index contributed by atoms with van der Waals surface area (Å²) in [6.07, 6.45) is 0.923. The summed E-state index contributed by atoms with van der Waals surface area (Å²) in [5.74, 6) is 1.59. The van der Waals surface area contributed by atoms with Crippen molar-refractivity contribution in [2.75, 3.05) is 32.2 Å². The van der Waals surface area contributed by atoms with Crippen LogP contribution in [0.25, 0.3) is 0 Å². The number of hydrogen-bond acceptors (Lipinski definition) is 4. The molecule has 0 aliphatic carbocycles. The van der Waals surface area contributed by atoms with Crippen molar-refractivity contribution in [2.24, 2.45) is 5.92 Å². The molecule has 2 aliphatic heterocycles. The van der Waals surface area contributed by atoms with Crippen LogP contribution in [0.4, 0.5) is 5.69 Å². The molecule has 1 fully saturated rings.